The van der Waals surface area contributed by atoms with Crippen LogP contribution in [0.2, 0.25) is 0 Å². The highest BCUT2D eigenvalue weighted by Crippen LogP contribution is 2.06. The summed E-state index contributed by atoms with van der Waals surface area (Å²) in [5, 5.41) is 6.31. The van der Waals surface area contributed by atoms with Gasteiger partial charge >= 0.3 is 23.9 Å². The van der Waals surface area contributed by atoms with Crippen molar-refractivity contribution >= 4 is 23.9 Å². The van der Waals surface area contributed by atoms with Crippen LogP contribution in [-0.2, 0) is 38.1 Å². The average molecular weight is 573 g/mol. The van der Waals surface area contributed by atoms with Gasteiger partial charge in [0.25, 0.3) is 0 Å². The number of carbonyl (C=O) groups is 4. The molecule has 0 aromatic rings. The molecule has 0 aliphatic rings. The van der Waals surface area contributed by atoms with E-state index in [0.717, 1.165) is 77.0 Å². The van der Waals surface area contributed by atoms with Gasteiger partial charge in [-0.25, -0.2) is 0 Å². The maximum atomic E-state index is 12.5. The van der Waals surface area contributed by atoms with Crippen LogP contribution < -0.4 is 10.6 Å². The van der Waals surface area contributed by atoms with Gasteiger partial charge < -0.3 is 29.6 Å². The van der Waals surface area contributed by atoms with Crippen LogP contribution in [0.4, 0.5) is 0 Å². The van der Waals surface area contributed by atoms with Gasteiger partial charge in [-0.15, -0.1) is 0 Å². The largest absolute Gasteiger partial charge is 0.466 e. The second-order valence-corrected chi connectivity index (χ2v) is 10.0. The first-order chi connectivity index (χ1) is 19.4. The van der Waals surface area contributed by atoms with Crippen LogP contribution >= 0.6 is 0 Å². The van der Waals surface area contributed by atoms with Crippen LogP contribution in [0.5, 0.6) is 0 Å². The van der Waals surface area contributed by atoms with E-state index in [1.807, 2.05) is 27.7 Å². The maximum absolute atomic E-state index is 12.5. The standard InChI is InChI=1S/C30H56N2O8/c1-5-9-19-37-27(33)23-25(29(35)39-21-11-7-3)31-17-15-13-14-16-18-32-26(30(36)40-22-12-8-4)24-28(34)38-20-10-6-2/h25-26,31-32H,5-24H2,1-4H3/t25-,26-/m0/s1. The molecule has 10 heteroatoms. The van der Waals surface area contributed by atoms with Crippen molar-refractivity contribution in [3.63, 3.8) is 0 Å². The lowest BCUT2D eigenvalue weighted by molar-refractivity contribution is -0.153. The number of ether oxygens (including phenoxy) is 4. The van der Waals surface area contributed by atoms with E-state index >= 15 is 0 Å². The molecule has 0 saturated heterocycles. The van der Waals surface area contributed by atoms with E-state index in [-0.39, 0.29) is 12.8 Å². The fourth-order valence-corrected chi connectivity index (χ4v) is 3.58. The molecule has 0 aliphatic heterocycles. The summed E-state index contributed by atoms with van der Waals surface area (Å²) in [6.45, 7) is 10.6. The first-order valence-corrected chi connectivity index (χ1v) is 15.5. The van der Waals surface area contributed by atoms with Crippen molar-refractivity contribution in [2.45, 2.75) is 130 Å². The van der Waals surface area contributed by atoms with E-state index < -0.39 is 36.0 Å². The molecule has 40 heavy (non-hydrogen) atoms. The first-order valence-electron chi connectivity index (χ1n) is 15.5. The molecule has 10 nitrogen and oxygen atoms in total. The van der Waals surface area contributed by atoms with Crippen LogP contribution in [-0.4, -0.2) is 75.5 Å². The minimum atomic E-state index is -0.718. The number of esters is 4. The van der Waals surface area contributed by atoms with E-state index in [1.54, 1.807) is 0 Å². The highest BCUT2D eigenvalue weighted by atomic mass is 16.5. The molecule has 2 N–H and O–H groups in total. The van der Waals surface area contributed by atoms with E-state index in [9.17, 15) is 19.2 Å². The summed E-state index contributed by atoms with van der Waals surface area (Å²) in [7, 11) is 0. The van der Waals surface area contributed by atoms with Crippen LogP contribution in [0.25, 0.3) is 0 Å². The zero-order valence-corrected chi connectivity index (χ0v) is 25.6. The predicted octanol–water partition coefficient (Wildman–Crippen LogP) is 4.62. The van der Waals surface area contributed by atoms with Gasteiger partial charge in [-0.05, 0) is 51.6 Å². The van der Waals surface area contributed by atoms with Gasteiger partial charge in [-0.1, -0.05) is 66.2 Å². The van der Waals surface area contributed by atoms with Crippen LogP contribution in [0.3, 0.4) is 0 Å². The Labute approximate surface area is 242 Å². The molecule has 234 valence electrons. The lowest BCUT2D eigenvalue weighted by Gasteiger charge is -2.18. The van der Waals surface area contributed by atoms with Crippen molar-refractivity contribution in [3.05, 3.63) is 0 Å². The highest BCUT2D eigenvalue weighted by Gasteiger charge is 2.24. The normalized spacial score (nSPS) is 12.4. The molecule has 0 bridgehead atoms. The number of hydrogen-bond donors (Lipinski definition) is 2. The molecular formula is C30H56N2O8. The number of unbranched alkanes of at least 4 members (excludes halogenated alkanes) is 7. The Hall–Kier alpha value is -2.20. The van der Waals surface area contributed by atoms with E-state index in [0.29, 0.717) is 39.5 Å². The Morgan fingerprint density at radius 2 is 0.800 bits per heavy atom. The third-order valence-electron chi connectivity index (χ3n) is 6.20. The second-order valence-electron chi connectivity index (χ2n) is 10.0. The van der Waals surface area contributed by atoms with Crippen molar-refractivity contribution in [1.82, 2.24) is 10.6 Å². The summed E-state index contributed by atoms with van der Waals surface area (Å²) in [5.41, 5.74) is 0. The van der Waals surface area contributed by atoms with Crippen molar-refractivity contribution in [2.24, 2.45) is 0 Å². The molecule has 0 aromatic carbocycles. The first kappa shape index (κ1) is 37.8. The quantitative estimate of drug-likeness (QED) is 0.0817. The van der Waals surface area contributed by atoms with Gasteiger partial charge in [0.15, 0.2) is 0 Å². The number of carbonyl (C=O) groups excluding carboxylic acids is 4. The number of rotatable bonds is 27. The highest BCUT2D eigenvalue weighted by molar-refractivity contribution is 5.83. The third kappa shape index (κ3) is 21.6. The fourth-order valence-electron chi connectivity index (χ4n) is 3.58. The smallest absolute Gasteiger partial charge is 0.323 e. The molecule has 0 fully saturated rings. The van der Waals surface area contributed by atoms with Crippen LogP contribution in [0.1, 0.15) is 118 Å². The van der Waals surface area contributed by atoms with Crippen LogP contribution in [0, 0.1) is 0 Å². The Bertz CT molecular complexity index is 618. The predicted molar refractivity (Wildman–Crippen MR) is 155 cm³/mol. The topological polar surface area (TPSA) is 129 Å². The van der Waals surface area contributed by atoms with E-state index in [2.05, 4.69) is 10.6 Å². The Kier molecular flexibility index (Phi) is 25.5. The lowest BCUT2D eigenvalue weighted by atomic mass is 10.1. The summed E-state index contributed by atoms with van der Waals surface area (Å²) in [5.74, 6) is -1.65. The fraction of sp³-hybridized carbons (Fsp3) is 0.867. The molecule has 0 spiro atoms. The van der Waals surface area contributed by atoms with Crippen molar-refractivity contribution < 1.29 is 38.1 Å². The minimum absolute atomic E-state index is 0.0464. The molecule has 0 radical (unpaired) electrons. The lowest BCUT2D eigenvalue weighted by Crippen LogP contribution is -2.41. The summed E-state index contributed by atoms with van der Waals surface area (Å²) in [4.78, 5) is 49.2. The molecule has 0 aromatic heterocycles. The Morgan fingerprint density at radius 3 is 1.12 bits per heavy atom. The van der Waals surface area contributed by atoms with Gasteiger partial charge in [0, 0.05) is 0 Å². The SMILES string of the molecule is CCCCOC(=O)C[C@H](NCCCCCCN[C@@H](CC(=O)OCCCC)C(=O)OCCCC)C(=O)OCCCC. The zero-order chi connectivity index (χ0) is 29.8. The Balaban J connectivity index is 4.48. The van der Waals surface area contributed by atoms with E-state index in [1.165, 1.54) is 0 Å². The molecule has 0 saturated carbocycles. The van der Waals surface area contributed by atoms with E-state index in [4.69, 9.17) is 18.9 Å². The summed E-state index contributed by atoms with van der Waals surface area (Å²) >= 11 is 0. The molecule has 0 amide bonds. The number of hydrogen-bond acceptors (Lipinski definition) is 10. The molecule has 0 rings (SSSR count). The van der Waals surface area contributed by atoms with Crippen molar-refractivity contribution in [3.8, 4) is 0 Å². The van der Waals surface area contributed by atoms with Crippen molar-refractivity contribution in [1.29, 1.82) is 0 Å². The monoisotopic (exact) mass is 572 g/mol. The van der Waals surface area contributed by atoms with Gasteiger partial charge in [0.2, 0.25) is 0 Å². The second kappa shape index (κ2) is 27.0. The minimum Gasteiger partial charge on any atom is -0.466 e. The van der Waals surface area contributed by atoms with Crippen molar-refractivity contribution in [2.75, 3.05) is 39.5 Å². The summed E-state index contributed by atoms with van der Waals surface area (Å²) in [6.07, 6.45) is 10.2. The molecule has 0 heterocycles. The maximum Gasteiger partial charge on any atom is 0.323 e. The number of nitrogens with one attached hydrogen (secondary N) is 2. The molecule has 2 atom stereocenters. The molecule has 0 aliphatic carbocycles. The zero-order valence-electron chi connectivity index (χ0n) is 25.6. The molecular weight excluding hydrogens is 516 g/mol. The third-order valence-corrected chi connectivity index (χ3v) is 6.20. The van der Waals surface area contributed by atoms with Gasteiger partial charge in [0.1, 0.15) is 12.1 Å². The summed E-state index contributed by atoms with van der Waals surface area (Å²) in [6, 6.07) is -1.44. The Morgan fingerprint density at radius 1 is 0.475 bits per heavy atom. The summed E-state index contributed by atoms with van der Waals surface area (Å²) < 4.78 is 21.1. The molecule has 0 unspecified atom stereocenters. The van der Waals surface area contributed by atoms with Crippen LogP contribution in [0.15, 0.2) is 0 Å². The van der Waals surface area contributed by atoms with Gasteiger partial charge in [0.05, 0.1) is 39.3 Å². The van der Waals surface area contributed by atoms with Gasteiger partial charge in [-0.2, -0.15) is 0 Å². The van der Waals surface area contributed by atoms with Gasteiger partial charge in [-0.3, -0.25) is 19.2 Å². The average Bonchev–Trinajstić information content (AvgIpc) is 2.93.